The monoisotopic (exact) mass is 243 g/mol. The van der Waals surface area contributed by atoms with E-state index in [1.807, 2.05) is 31.2 Å². The number of benzene rings is 2. The number of rotatable bonds is 1. The van der Waals surface area contributed by atoms with Crippen molar-refractivity contribution in [3.8, 4) is 22.9 Å². The molecule has 2 aromatic carbocycles. The Labute approximate surface area is 105 Å². The number of nitrogens with zero attached hydrogens (tertiary/aromatic N) is 1. The minimum atomic E-state index is 0.00179. The summed E-state index contributed by atoms with van der Waals surface area (Å²) in [6.45, 7) is 1.93. The molecule has 0 aliphatic carbocycles. The Balaban J connectivity index is 2.54. The molecule has 0 heterocycles. The molecule has 0 atom stereocenters. The second-order valence-electron chi connectivity index (χ2n) is 3.81. The van der Waals surface area contributed by atoms with Crippen molar-refractivity contribution in [1.82, 2.24) is 0 Å². The van der Waals surface area contributed by atoms with Gasteiger partial charge in [-0.1, -0.05) is 23.7 Å². The Morgan fingerprint density at radius 2 is 1.76 bits per heavy atom. The Morgan fingerprint density at radius 1 is 1.12 bits per heavy atom. The number of phenols is 1. The van der Waals surface area contributed by atoms with Gasteiger partial charge in [0.25, 0.3) is 0 Å². The fraction of sp³-hybridized carbons (Fsp3) is 0.0714. The van der Waals surface area contributed by atoms with Crippen molar-refractivity contribution in [2.75, 3.05) is 0 Å². The number of hydrogen-bond acceptors (Lipinski definition) is 2. The second kappa shape index (κ2) is 4.48. The van der Waals surface area contributed by atoms with Crippen LogP contribution >= 0.6 is 11.6 Å². The largest absolute Gasteiger partial charge is 0.507 e. The number of aryl methyl sites for hydroxylation is 1. The lowest BCUT2D eigenvalue weighted by molar-refractivity contribution is 0.473. The van der Waals surface area contributed by atoms with Crippen molar-refractivity contribution in [1.29, 1.82) is 5.26 Å². The van der Waals surface area contributed by atoms with E-state index in [0.717, 1.165) is 16.7 Å². The lowest BCUT2D eigenvalue weighted by Crippen LogP contribution is -1.83. The topological polar surface area (TPSA) is 44.0 Å². The zero-order chi connectivity index (χ0) is 12.4. The Bertz CT molecular complexity index is 614. The summed E-state index contributed by atoms with van der Waals surface area (Å²) in [5.41, 5.74) is 3.12. The Morgan fingerprint density at radius 3 is 2.41 bits per heavy atom. The molecule has 17 heavy (non-hydrogen) atoms. The van der Waals surface area contributed by atoms with Gasteiger partial charge in [0, 0.05) is 5.02 Å². The fourth-order valence-electron chi connectivity index (χ4n) is 1.63. The SMILES string of the molecule is Cc1cc(-c2ccc(O)c(C#N)c2)ccc1Cl. The van der Waals surface area contributed by atoms with Crippen molar-refractivity contribution in [2.24, 2.45) is 0 Å². The van der Waals surface area contributed by atoms with Gasteiger partial charge < -0.3 is 5.11 Å². The fourth-order valence-corrected chi connectivity index (χ4v) is 1.75. The quantitative estimate of drug-likeness (QED) is 0.826. The summed E-state index contributed by atoms with van der Waals surface area (Å²) in [5, 5.41) is 19.0. The van der Waals surface area contributed by atoms with E-state index in [-0.39, 0.29) is 11.3 Å². The molecule has 0 aliphatic heterocycles. The van der Waals surface area contributed by atoms with Crippen molar-refractivity contribution in [3.63, 3.8) is 0 Å². The molecule has 0 radical (unpaired) electrons. The molecule has 0 saturated heterocycles. The van der Waals surface area contributed by atoms with E-state index in [2.05, 4.69) is 0 Å². The van der Waals surface area contributed by atoms with Crippen LogP contribution in [0.4, 0.5) is 0 Å². The number of aromatic hydroxyl groups is 1. The van der Waals surface area contributed by atoms with Gasteiger partial charge >= 0.3 is 0 Å². The van der Waals surface area contributed by atoms with Gasteiger partial charge in [-0.25, -0.2) is 0 Å². The minimum Gasteiger partial charge on any atom is -0.507 e. The van der Waals surface area contributed by atoms with E-state index in [4.69, 9.17) is 16.9 Å². The van der Waals surface area contributed by atoms with Gasteiger partial charge in [-0.05, 0) is 47.9 Å². The summed E-state index contributed by atoms with van der Waals surface area (Å²) < 4.78 is 0. The van der Waals surface area contributed by atoms with E-state index in [0.29, 0.717) is 5.02 Å². The summed E-state index contributed by atoms with van der Waals surface area (Å²) >= 11 is 5.96. The third kappa shape index (κ3) is 2.25. The molecule has 3 heteroatoms. The molecule has 0 fully saturated rings. The number of nitriles is 1. The molecule has 0 unspecified atom stereocenters. The third-order valence-corrected chi connectivity index (χ3v) is 3.03. The molecular formula is C14H10ClNO. The summed E-state index contributed by atoms with van der Waals surface area (Å²) in [5.74, 6) is 0.00179. The van der Waals surface area contributed by atoms with Crippen LogP contribution in [0.5, 0.6) is 5.75 Å². The van der Waals surface area contributed by atoms with E-state index in [1.54, 1.807) is 12.1 Å². The van der Waals surface area contributed by atoms with Crippen LogP contribution in [-0.2, 0) is 0 Å². The predicted octanol–water partition coefficient (Wildman–Crippen LogP) is 3.89. The highest BCUT2D eigenvalue weighted by Crippen LogP contribution is 2.28. The van der Waals surface area contributed by atoms with Crippen LogP contribution in [0.1, 0.15) is 11.1 Å². The molecule has 2 nitrogen and oxygen atoms in total. The van der Waals surface area contributed by atoms with Gasteiger partial charge in [0.15, 0.2) is 0 Å². The third-order valence-electron chi connectivity index (χ3n) is 2.61. The van der Waals surface area contributed by atoms with Gasteiger partial charge in [-0.2, -0.15) is 5.26 Å². The Kier molecular flexibility index (Phi) is 3.03. The van der Waals surface area contributed by atoms with Gasteiger partial charge in [0.05, 0.1) is 5.56 Å². The van der Waals surface area contributed by atoms with E-state index < -0.39 is 0 Å². The zero-order valence-corrected chi connectivity index (χ0v) is 9.99. The summed E-state index contributed by atoms with van der Waals surface area (Å²) in [7, 11) is 0. The van der Waals surface area contributed by atoms with Crippen LogP contribution in [0.15, 0.2) is 36.4 Å². The van der Waals surface area contributed by atoms with E-state index in [9.17, 15) is 5.11 Å². The molecule has 0 bridgehead atoms. The van der Waals surface area contributed by atoms with Gasteiger partial charge in [-0.3, -0.25) is 0 Å². The van der Waals surface area contributed by atoms with E-state index >= 15 is 0 Å². The molecule has 0 aromatic heterocycles. The summed E-state index contributed by atoms with van der Waals surface area (Å²) in [6, 6.07) is 12.6. The van der Waals surface area contributed by atoms with Crippen molar-refractivity contribution >= 4 is 11.6 Å². The first-order valence-electron chi connectivity index (χ1n) is 5.11. The number of phenolic OH excluding ortho intramolecular Hbond substituents is 1. The van der Waals surface area contributed by atoms with Gasteiger partial charge in [0.2, 0.25) is 0 Å². The minimum absolute atomic E-state index is 0.00179. The average molecular weight is 244 g/mol. The maximum absolute atomic E-state index is 9.44. The lowest BCUT2D eigenvalue weighted by Gasteiger charge is -2.05. The molecule has 1 N–H and O–H groups in total. The highest BCUT2D eigenvalue weighted by atomic mass is 35.5. The lowest BCUT2D eigenvalue weighted by atomic mass is 10.0. The standard InChI is InChI=1S/C14H10ClNO/c1-9-6-10(2-4-13(9)15)11-3-5-14(17)12(7-11)8-16/h2-7,17H,1H3. The van der Waals surface area contributed by atoms with Gasteiger partial charge in [-0.15, -0.1) is 0 Å². The maximum Gasteiger partial charge on any atom is 0.133 e. The molecule has 2 rings (SSSR count). The predicted molar refractivity (Wildman–Crippen MR) is 68.0 cm³/mol. The zero-order valence-electron chi connectivity index (χ0n) is 9.24. The van der Waals surface area contributed by atoms with Crippen molar-refractivity contribution < 1.29 is 5.11 Å². The molecular weight excluding hydrogens is 234 g/mol. The van der Waals surface area contributed by atoms with Crippen molar-refractivity contribution in [3.05, 3.63) is 52.5 Å². The maximum atomic E-state index is 9.44. The second-order valence-corrected chi connectivity index (χ2v) is 4.21. The first-order valence-corrected chi connectivity index (χ1v) is 5.49. The Hall–Kier alpha value is -1.98. The molecule has 2 aromatic rings. The van der Waals surface area contributed by atoms with Crippen LogP contribution in [-0.4, -0.2) is 5.11 Å². The number of hydrogen-bond donors (Lipinski definition) is 1. The average Bonchev–Trinajstić information content (AvgIpc) is 2.33. The first-order chi connectivity index (χ1) is 8.11. The van der Waals surface area contributed by atoms with Crippen LogP contribution < -0.4 is 0 Å². The highest BCUT2D eigenvalue weighted by Gasteiger charge is 2.05. The first kappa shape index (κ1) is 11.5. The molecule has 0 aliphatic rings. The van der Waals surface area contributed by atoms with Crippen LogP contribution in [0, 0.1) is 18.3 Å². The molecule has 84 valence electrons. The summed E-state index contributed by atoms with van der Waals surface area (Å²) in [4.78, 5) is 0. The smallest absolute Gasteiger partial charge is 0.133 e. The van der Waals surface area contributed by atoms with E-state index in [1.165, 1.54) is 6.07 Å². The summed E-state index contributed by atoms with van der Waals surface area (Å²) in [6.07, 6.45) is 0. The molecule has 0 saturated carbocycles. The van der Waals surface area contributed by atoms with Crippen LogP contribution in [0.3, 0.4) is 0 Å². The molecule has 0 spiro atoms. The molecule has 0 amide bonds. The highest BCUT2D eigenvalue weighted by molar-refractivity contribution is 6.31. The normalized spacial score (nSPS) is 9.94. The van der Waals surface area contributed by atoms with Crippen LogP contribution in [0.2, 0.25) is 5.02 Å². The van der Waals surface area contributed by atoms with Gasteiger partial charge in [0.1, 0.15) is 11.8 Å². The van der Waals surface area contributed by atoms with Crippen molar-refractivity contribution in [2.45, 2.75) is 6.92 Å². The number of halogens is 1. The van der Waals surface area contributed by atoms with Crippen LogP contribution in [0.25, 0.3) is 11.1 Å².